The van der Waals surface area contributed by atoms with Gasteiger partial charge in [-0.3, -0.25) is 0 Å². The first-order valence-corrected chi connectivity index (χ1v) is 12.3. The molecule has 3 rings (SSSR count). The van der Waals surface area contributed by atoms with Crippen LogP contribution in [0.1, 0.15) is 26.2 Å². The average Bonchev–Trinajstić information content (AvgIpc) is 2.80. The number of likely N-dealkylation sites (N-methyl/N-ethyl adjacent to an activating group) is 1. The second-order valence-electron chi connectivity index (χ2n) is 9.92. The van der Waals surface area contributed by atoms with Crippen molar-refractivity contribution < 1.29 is 34.3 Å². The number of aliphatic hydroxyl groups excluding tert-OH is 2. The molecule has 3 aliphatic rings. The first kappa shape index (κ1) is 28.6. The zero-order valence-electron chi connectivity index (χ0n) is 20.6. The van der Waals surface area contributed by atoms with Crippen molar-refractivity contribution in [1.82, 2.24) is 10.6 Å². The van der Waals surface area contributed by atoms with Gasteiger partial charge >= 0.3 is 0 Å². The fourth-order valence-electron chi connectivity index (χ4n) is 4.86. The number of nitrogens with two attached hydrogens (primary N) is 4. The van der Waals surface area contributed by atoms with E-state index in [-0.39, 0.29) is 6.61 Å². The SMILES string of the molecule is CN[C@@H]1C(O)C(OC2C(O)C(O[C@H]3OC(CNCCCN)=CC[C@H]3N)[C@@H](N)C[C@H]2N)OC[C@]1(C)O. The van der Waals surface area contributed by atoms with Crippen molar-refractivity contribution in [2.24, 2.45) is 22.9 Å². The molecule has 0 spiro atoms. The molecule has 0 aromatic heterocycles. The Morgan fingerprint density at radius 3 is 2.37 bits per heavy atom. The fraction of sp³-hybridized carbons (Fsp3) is 0.909. The topological polar surface area (TPSA) is 226 Å². The van der Waals surface area contributed by atoms with E-state index in [1.807, 2.05) is 6.08 Å². The summed E-state index contributed by atoms with van der Waals surface area (Å²) < 4.78 is 23.6. The smallest absolute Gasteiger partial charge is 0.215 e. The van der Waals surface area contributed by atoms with Gasteiger partial charge in [0, 0.05) is 12.1 Å². The molecule has 0 aromatic rings. The maximum absolute atomic E-state index is 11.1. The summed E-state index contributed by atoms with van der Waals surface area (Å²) in [6, 6.07) is -2.37. The largest absolute Gasteiger partial charge is 0.467 e. The van der Waals surface area contributed by atoms with E-state index in [0.29, 0.717) is 31.7 Å². The predicted molar refractivity (Wildman–Crippen MR) is 128 cm³/mol. The molecule has 0 aromatic carbocycles. The summed E-state index contributed by atoms with van der Waals surface area (Å²) in [5.74, 6) is 0.695. The van der Waals surface area contributed by atoms with Crippen LogP contribution in [0.5, 0.6) is 0 Å². The van der Waals surface area contributed by atoms with Crippen molar-refractivity contribution in [1.29, 1.82) is 0 Å². The quantitative estimate of drug-likeness (QED) is 0.130. The molecule has 5 unspecified atom stereocenters. The monoisotopic (exact) mass is 504 g/mol. The highest BCUT2D eigenvalue weighted by Crippen LogP contribution is 2.31. The number of ether oxygens (including phenoxy) is 4. The highest BCUT2D eigenvalue weighted by Gasteiger charge is 2.50. The third-order valence-electron chi connectivity index (χ3n) is 6.88. The Labute approximate surface area is 206 Å². The molecule has 35 heavy (non-hydrogen) atoms. The standard InChI is InChI=1S/C22H44N6O7/c1-22(31)10-32-21(16(30)19(22)27-2)35-18-14(26)8-13(25)17(15(18)29)34-20-12(24)5-4-11(33-20)9-28-7-3-6-23/h4,12-21,27-31H,3,5-10,23-26H2,1-2H3/t12-,13+,14-,15?,16?,17?,18?,19-,20-,21?,22+/m1/s1. The van der Waals surface area contributed by atoms with Crippen LogP contribution in [0.25, 0.3) is 0 Å². The summed E-state index contributed by atoms with van der Waals surface area (Å²) in [5, 5.41) is 38.5. The lowest BCUT2D eigenvalue weighted by atomic mass is 9.84. The summed E-state index contributed by atoms with van der Waals surface area (Å²) in [6.45, 7) is 3.36. The normalized spacial score (nSPS) is 44.5. The summed E-state index contributed by atoms with van der Waals surface area (Å²) in [6.07, 6.45) is -2.56. The highest BCUT2D eigenvalue weighted by molar-refractivity contribution is 5.05. The van der Waals surface area contributed by atoms with Crippen LogP contribution in [0.2, 0.25) is 0 Å². The van der Waals surface area contributed by atoms with Crippen LogP contribution >= 0.6 is 0 Å². The van der Waals surface area contributed by atoms with E-state index >= 15 is 0 Å². The van der Waals surface area contributed by atoms with E-state index in [1.165, 1.54) is 0 Å². The van der Waals surface area contributed by atoms with Crippen LogP contribution < -0.4 is 33.6 Å². The van der Waals surface area contributed by atoms with Crippen LogP contribution in [-0.4, -0.2) is 115 Å². The zero-order valence-corrected chi connectivity index (χ0v) is 20.6. The summed E-state index contributed by atoms with van der Waals surface area (Å²) in [4.78, 5) is 0. The molecule has 0 bridgehead atoms. The van der Waals surface area contributed by atoms with Crippen molar-refractivity contribution >= 4 is 0 Å². The first-order valence-electron chi connectivity index (χ1n) is 12.3. The minimum absolute atomic E-state index is 0.0725. The highest BCUT2D eigenvalue weighted by atomic mass is 16.7. The lowest BCUT2D eigenvalue weighted by Crippen LogP contribution is -2.68. The molecule has 0 amide bonds. The van der Waals surface area contributed by atoms with Crippen LogP contribution in [0, 0.1) is 0 Å². The number of hydrogen-bond donors (Lipinski definition) is 9. The average molecular weight is 505 g/mol. The van der Waals surface area contributed by atoms with E-state index in [1.54, 1.807) is 14.0 Å². The Bertz CT molecular complexity index is 701. The summed E-state index contributed by atoms with van der Waals surface area (Å²) in [7, 11) is 1.62. The van der Waals surface area contributed by atoms with Gasteiger partial charge in [-0.05, 0) is 52.4 Å². The van der Waals surface area contributed by atoms with Crippen molar-refractivity contribution in [2.75, 3.05) is 33.3 Å². The Balaban J connectivity index is 1.63. The predicted octanol–water partition coefficient (Wildman–Crippen LogP) is -3.87. The second-order valence-corrected chi connectivity index (χ2v) is 9.92. The Morgan fingerprint density at radius 2 is 1.74 bits per heavy atom. The lowest BCUT2D eigenvalue weighted by Gasteiger charge is -2.48. The third kappa shape index (κ3) is 6.89. The van der Waals surface area contributed by atoms with E-state index in [0.717, 1.165) is 13.0 Å². The third-order valence-corrected chi connectivity index (χ3v) is 6.88. The number of hydrogen-bond acceptors (Lipinski definition) is 13. The van der Waals surface area contributed by atoms with Crippen LogP contribution in [-0.2, 0) is 18.9 Å². The number of nitrogens with one attached hydrogen (secondary N) is 2. The molecule has 204 valence electrons. The van der Waals surface area contributed by atoms with Crippen molar-refractivity contribution in [2.45, 2.75) is 93.0 Å². The maximum Gasteiger partial charge on any atom is 0.215 e. The number of rotatable bonds is 10. The van der Waals surface area contributed by atoms with Gasteiger partial charge in [0.25, 0.3) is 0 Å². The van der Waals surface area contributed by atoms with E-state index in [9.17, 15) is 15.3 Å². The minimum atomic E-state index is -1.30. The van der Waals surface area contributed by atoms with Crippen molar-refractivity contribution in [3.8, 4) is 0 Å². The van der Waals surface area contributed by atoms with E-state index < -0.39 is 66.8 Å². The van der Waals surface area contributed by atoms with Gasteiger partial charge in [-0.25, -0.2) is 0 Å². The summed E-state index contributed by atoms with van der Waals surface area (Å²) in [5.41, 5.74) is 23.0. The maximum atomic E-state index is 11.1. The van der Waals surface area contributed by atoms with Crippen LogP contribution in [0.15, 0.2) is 11.8 Å². The molecule has 2 fully saturated rings. The van der Waals surface area contributed by atoms with Gasteiger partial charge in [0.15, 0.2) is 6.29 Å². The van der Waals surface area contributed by atoms with Crippen LogP contribution in [0.3, 0.4) is 0 Å². The summed E-state index contributed by atoms with van der Waals surface area (Å²) >= 11 is 0. The molecule has 11 atom stereocenters. The lowest BCUT2D eigenvalue weighted by molar-refractivity contribution is -0.303. The molecule has 13 heteroatoms. The molecule has 1 saturated heterocycles. The van der Waals surface area contributed by atoms with Gasteiger partial charge in [0.05, 0.1) is 25.2 Å². The van der Waals surface area contributed by atoms with Gasteiger partial charge in [0.2, 0.25) is 6.29 Å². The van der Waals surface area contributed by atoms with E-state index in [4.69, 9.17) is 41.9 Å². The molecular formula is C22H44N6O7. The minimum Gasteiger partial charge on any atom is -0.467 e. The fourth-order valence-corrected chi connectivity index (χ4v) is 4.86. The van der Waals surface area contributed by atoms with Crippen molar-refractivity contribution in [3.05, 3.63) is 11.8 Å². The Morgan fingerprint density at radius 1 is 1.09 bits per heavy atom. The Kier molecular flexibility index (Phi) is 10.3. The van der Waals surface area contributed by atoms with Crippen LogP contribution in [0.4, 0.5) is 0 Å². The second kappa shape index (κ2) is 12.5. The zero-order chi connectivity index (χ0) is 25.8. The van der Waals surface area contributed by atoms with Crippen molar-refractivity contribution in [3.63, 3.8) is 0 Å². The first-order chi connectivity index (χ1) is 16.6. The molecule has 13 nitrogen and oxygen atoms in total. The number of aliphatic hydroxyl groups is 3. The molecule has 13 N–H and O–H groups in total. The molecule has 2 heterocycles. The Hall–Kier alpha value is -0.940. The van der Waals surface area contributed by atoms with E-state index in [2.05, 4.69) is 10.6 Å². The molecule has 1 aliphatic carbocycles. The van der Waals surface area contributed by atoms with Gasteiger partial charge in [-0.15, -0.1) is 0 Å². The molecule has 1 saturated carbocycles. The molecule has 0 radical (unpaired) electrons. The molecule has 2 aliphatic heterocycles. The van der Waals surface area contributed by atoms with Gasteiger partial charge in [-0.2, -0.15) is 0 Å². The molecular weight excluding hydrogens is 460 g/mol. The van der Waals surface area contributed by atoms with Gasteiger partial charge in [0.1, 0.15) is 35.8 Å². The van der Waals surface area contributed by atoms with Gasteiger partial charge < -0.3 is 67.8 Å². The van der Waals surface area contributed by atoms with Gasteiger partial charge in [-0.1, -0.05) is 0 Å².